The van der Waals surface area contributed by atoms with Crippen LogP contribution in [0.15, 0.2) is 60.1 Å². The molecule has 0 bridgehead atoms. The number of rotatable bonds is 4. The van der Waals surface area contributed by atoms with E-state index in [1.54, 1.807) is 6.20 Å². The van der Waals surface area contributed by atoms with Crippen LogP contribution in [0.25, 0.3) is 22.2 Å². The van der Waals surface area contributed by atoms with Gasteiger partial charge in [0.1, 0.15) is 11.1 Å². The van der Waals surface area contributed by atoms with Gasteiger partial charge in [-0.1, -0.05) is 24.3 Å². The lowest BCUT2D eigenvalue weighted by molar-refractivity contribution is 0.219. The van der Waals surface area contributed by atoms with E-state index in [1.807, 2.05) is 35.7 Å². The Balaban J connectivity index is 1.66. The molecule has 4 rings (SSSR count). The normalized spacial score (nSPS) is 12.3. The number of nitrogens with zero attached hydrogens (tertiary/aromatic N) is 2. The summed E-state index contributed by atoms with van der Waals surface area (Å²) in [5.41, 5.74) is 3.08. The minimum absolute atomic E-state index is 0.0945. The van der Waals surface area contributed by atoms with Crippen molar-refractivity contribution >= 4 is 22.2 Å². The molecule has 4 aromatic rings. The van der Waals surface area contributed by atoms with Gasteiger partial charge in [0.05, 0.1) is 18.3 Å². The predicted octanol–water partition coefficient (Wildman–Crippen LogP) is 4.59. The van der Waals surface area contributed by atoms with Crippen LogP contribution in [0, 0.1) is 5.82 Å². The van der Waals surface area contributed by atoms with E-state index in [0.717, 1.165) is 22.2 Å². The Morgan fingerprint density at radius 3 is 2.85 bits per heavy atom. The molecular weight excluding hydrogens is 351 g/mol. The number of fused-ring (bicyclic) bond motifs is 1. The first-order valence-electron chi connectivity index (χ1n) is 7.98. The second-order valence-corrected chi connectivity index (χ2v) is 6.67. The number of benzene rings is 2. The van der Waals surface area contributed by atoms with E-state index in [-0.39, 0.29) is 5.75 Å². The Hall–Kier alpha value is -2.83. The lowest BCUT2D eigenvalue weighted by Gasteiger charge is -2.10. The molecule has 0 fully saturated rings. The lowest BCUT2D eigenvalue weighted by Crippen LogP contribution is -2.00. The van der Waals surface area contributed by atoms with Crippen LogP contribution in [0.5, 0.6) is 5.75 Å². The summed E-state index contributed by atoms with van der Waals surface area (Å²) in [7, 11) is 1.39. The fourth-order valence-corrected chi connectivity index (χ4v) is 3.58. The molecule has 1 atom stereocenters. The zero-order valence-corrected chi connectivity index (χ0v) is 14.7. The third-order valence-corrected chi connectivity index (χ3v) is 5.03. The number of ether oxygens (including phenoxy) is 1. The zero-order valence-electron chi connectivity index (χ0n) is 13.9. The van der Waals surface area contributed by atoms with Crippen molar-refractivity contribution in [3.63, 3.8) is 0 Å². The molecule has 0 amide bonds. The standard InChI is InChI=1S/C20H15FN2O2S/c1-25-18-9-13(6-7-15(18)21)19(24)20-23-17(11-26-20)14-8-12-4-2-3-5-16(12)22-10-14/h2-11,19,24H,1H3. The van der Waals surface area contributed by atoms with Gasteiger partial charge in [-0.25, -0.2) is 9.37 Å². The van der Waals surface area contributed by atoms with Crippen molar-refractivity contribution in [2.45, 2.75) is 6.10 Å². The van der Waals surface area contributed by atoms with Gasteiger partial charge < -0.3 is 9.84 Å². The molecule has 6 heteroatoms. The Kier molecular flexibility index (Phi) is 4.36. The van der Waals surface area contributed by atoms with E-state index in [0.29, 0.717) is 10.6 Å². The third kappa shape index (κ3) is 3.05. The summed E-state index contributed by atoms with van der Waals surface area (Å²) >= 11 is 1.35. The van der Waals surface area contributed by atoms with Crippen LogP contribution in [-0.4, -0.2) is 22.2 Å². The maximum Gasteiger partial charge on any atom is 0.165 e. The SMILES string of the molecule is COc1cc(C(O)c2nc(-c3cnc4ccccc4c3)cs2)ccc1F. The van der Waals surface area contributed by atoms with Crippen molar-refractivity contribution in [3.05, 3.63) is 76.5 Å². The van der Waals surface area contributed by atoms with Gasteiger partial charge in [0.2, 0.25) is 0 Å². The summed E-state index contributed by atoms with van der Waals surface area (Å²) in [5.74, 6) is -0.373. The highest BCUT2D eigenvalue weighted by Crippen LogP contribution is 2.31. The molecule has 0 aliphatic carbocycles. The average Bonchev–Trinajstić information content (AvgIpc) is 3.17. The van der Waals surface area contributed by atoms with Crippen molar-refractivity contribution < 1.29 is 14.2 Å². The zero-order chi connectivity index (χ0) is 18.1. The Labute approximate surface area is 153 Å². The number of aliphatic hydroxyl groups excluding tert-OH is 1. The first-order valence-corrected chi connectivity index (χ1v) is 8.86. The highest BCUT2D eigenvalue weighted by Gasteiger charge is 2.17. The van der Waals surface area contributed by atoms with Gasteiger partial charge in [-0.05, 0) is 29.8 Å². The number of thiazole rings is 1. The van der Waals surface area contributed by atoms with Crippen molar-refractivity contribution in [2.75, 3.05) is 7.11 Å². The molecule has 130 valence electrons. The van der Waals surface area contributed by atoms with Crippen molar-refractivity contribution in [2.24, 2.45) is 0 Å². The highest BCUT2D eigenvalue weighted by molar-refractivity contribution is 7.10. The average molecular weight is 366 g/mol. The van der Waals surface area contributed by atoms with Crippen molar-refractivity contribution in [3.8, 4) is 17.0 Å². The van der Waals surface area contributed by atoms with E-state index in [1.165, 1.54) is 36.6 Å². The van der Waals surface area contributed by atoms with E-state index in [4.69, 9.17) is 4.74 Å². The van der Waals surface area contributed by atoms with E-state index >= 15 is 0 Å². The first-order chi connectivity index (χ1) is 12.7. The molecule has 0 saturated heterocycles. The Bertz CT molecular complexity index is 1080. The minimum Gasteiger partial charge on any atom is -0.494 e. The third-order valence-electron chi connectivity index (χ3n) is 4.13. The summed E-state index contributed by atoms with van der Waals surface area (Å²) in [6.45, 7) is 0. The summed E-state index contributed by atoms with van der Waals surface area (Å²) in [5, 5.41) is 14.0. The Morgan fingerprint density at radius 2 is 2.00 bits per heavy atom. The van der Waals surface area contributed by atoms with Crippen LogP contribution in [0.3, 0.4) is 0 Å². The number of methoxy groups -OCH3 is 1. The predicted molar refractivity (Wildman–Crippen MR) is 99.9 cm³/mol. The van der Waals surface area contributed by atoms with Gasteiger partial charge in [-0.2, -0.15) is 0 Å². The number of aliphatic hydroxyl groups is 1. The number of hydrogen-bond donors (Lipinski definition) is 1. The molecule has 2 aromatic heterocycles. The molecule has 2 heterocycles. The number of pyridine rings is 1. The maximum atomic E-state index is 13.6. The van der Waals surface area contributed by atoms with Gasteiger partial charge in [-0.15, -0.1) is 11.3 Å². The van der Waals surface area contributed by atoms with E-state index in [9.17, 15) is 9.50 Å². The highest BCUT2D eigenvalue weighted by atomic mass is 32.1. The van der Waals surface area contributed by atoms with Crippen LogP contribution in [0.2, 0.25) is 0 Å². The molecule has 0 radical (unpaired) electrons. The molecule has 2 aromatic carbocycles. The van der Waals surface area contributed by atoms with E-state index in [2.05, 4.69) is 9.97 Å². The van der Waals surface area contributed by atoms with Gasteiger partial charge in [0, 0.05) is 22.5 Å². The van der Waals surface area contributed by atoms with Gasteiger partial charge in [0.25, 0.3) is 0 Å². The molecule has 0 spiro atoms. The van der Waals surface area contributed by atoms with Crippen molar-refractivity contribution in [1.29, 1.82) is 0 Å². The quantitative estimate of drug-likeness (QED) is 0.574. The monoisotopic (exact) mass is 366 g/mol. The second kappa shape index (κ2) is 6.82. The topological polar surface area (TPSA) is 55.2 Å². The van der Waals surface area contributed by atoms with Crippen LogP contribution in [0.4, 0.5) is 4.39 Å². The smallest absolute Gasteiger partial charge is 0.165 e. The number of halogens is 1. The molecule has 4 nitrogen and oxygen atoms in total. The summed E-state index contributed by atoms with van der Waals surface area (Å²) < 4.78 is 18.5. The van der Waals surface area contributed by atoms with Crippen LogP contribution in [0.1, 0.15) is 16.7 Å². The fraction of sp³-hybridized carbons (Fsp3) is 0.100. The molecule has 0 aliphatic heterocycles. The number of aromatic nitrogens is 2. The number of hydrogen-bond acceptors (Lipinski definition) is 5. The van der Waals surface area contributed by atoms with Gasteiger partial charge >= 0.3 is 0 Å². The van der Waals surface area contributed by atoms with Crippen LogP contribution < -0.4 is 4.74 Å². The van der Waals surface area contributed by atoms with Crippen LogP contribution >= 0.6 is 11.3 Å². The largest absolute Gasteiger partial charge is 0.494 e. The molecular formula is C20H15FN2O2S. The van der Waals surface area contributed by atoms with Crippen molar-refractivity contribution in [1.82, 2.24) is 9.97 Å². The summed E-state index contributed by atoms with van der Waals surface area (Å²) in [6, 6.07) is 14.2. The Morgan fingerprint density at radius 1 is 1.15 bits per heavy atom. The summed E-state index contributed by atoms with van der Waals surface area (Å²) in [4.78, 5) is 8.98. The summed E-state index contributed by atoms with van der Waals surface area (Å²) in [6.07, 6.45) is 0.825. The fourth-order valence-electron chi connectivity index (χ4n) is 2.75. The first kappa shape index (κ1) is 16.6. The molecule has 0 saturated carbocycles. The van der Waals surface area contributed by atoms with Gasteiger partial charge in [-0.3, -0.25) is 4.98 Å². The maximum absolute atomic E-state index is 13.6. The van der Waals surface area contributed by atoms with E-state index < -0.39 is 11.9 Å². The number of para-hydroxylation sites is 1. The molecule has 1 unspecified atom stereocenters. The van der Waals surface area contributed by atoms with Gasteiger partial charge in [0.15, 0.2) is 11.6 Å². The second-order valence-electron chi connectivity index (χ2n) is 5.78. The molecule has 0 aliphatic rings. The van der Waals surface area contributed by atoms with Crippen LogP contribution in [-0.2, 0) is 0 Å². The lowest BCUT2D eigenvalue weighted by atomic mass is 10.1. The molecule has 26 heavy (non-hydrogen) atoms. The molecule has 1 N–H and O–H groups in total. The minimum atomic E-state index is -0.948.